The third-order valence-electron chi connectivity index (χ3n) is 3.68. The highest BCUT2D eigenvalue weighted by molar-refractivity contribution is 6.21. The van der Waals surface area contributed by atoms with Gasteiger partial charge in [-0.15, -0.1) is 0 Å². The van der Waals surface area contributed by atoms with Crippen LogP contribution in [0.5, 0.6) is 0 Å². The number of rotatable bonds is 14. The van der Waals surface area contributed by atoms with E-state index in [9.17, 15) is 14.4 Å². The van der Waals surface area contributed by atoms with E-state index in [0.29, 0.717) is 44.2 Å². The number of aliphatic carboxylic acids is 1. The normalized spacial score (nSPS) is 13.3. The summed E-state index contributed by atoms with van der Waals surface area (Å²) >= 11 is 0. The van der Waals surface area contributed by atoms with Crippen LogP contribution in [0.25, 0.3) is 0 Å². The molecule has 0 fully saturated rings. The minimum Gasteiger partial charge on any atom is -0.480 e. The van der Waals surface area contributed by atoms with Crippen molar-refractivity contribution < 1.29 is 38.4 Å². The molecule has 27 heavy (non-hydrogen) atoms. The van der Waals surface area contributed by atoms with Gasteiger partial charge in [0.2, 0.25) is 0 Å². The fourth-order valence-corrected chi connectivity index (χ4v) is 2.42. The van der Waals surface area contributed by atoms with Crippen molar-refractivity contribution in [3.8, 4) is 0 Å². The lowest BCUT2D eigenvalue weighted by Crippen LogP contribution is -2.33. The molecule has 9 heteroatoms. The molecule has 0 unspecified atom stereocenters. The monoisotopic (exact) mass is 381 g/mol. The number of imide groups is 1. The number of hydrogen-bond donors (Lipinski definition) is 1. The number of hydrogen-bond acceptors (Lipinski definition) is 7. The Bertz CT molecular complexity index is 613. The van der Waals surface area contributed by atoms with Gasteiger partial charge >= 0.3 is 5.97 Å². The van der Waals surface area contributed by atoms with Crippen molar-refractivity contribution in [1.29, 1.82) is 0 Å². The maximum absolute atomic E-state index is 12.1. The lowest BCUT2D eigenvalue weighted by Gasteiger charge is -2.13. The molecule has 0 radical (unpaired) electrons. The highest BCUT2D eigenvalue weighted by Crippen LogP contribution is 2.21. The Hall–Kier alpha value is -2.33. The van der Waals surface area contributed by atoms with Gasteiger partial charge in [-0.25, -0.2) is 4.79 Å². The summed E-state index contributed by atoms with van der Waals surface area (Å²) in [6, 6.07) is 6.75. The summed E-state index contributed by atoms with van der Waals surface area (Å²) in [6.45, 7) is 2.06. The first-order chi connectivity index (χ1) is 13.1. The minimum absolute atomic E-state index is 0.200. The molecule has 0 spiro atoms. The van der Waals surface area contributed by atoms with Crippen LogP contribution in [0.2, 0.25) is 0 Å². The van der Waals surface area contributed by atoms with Crippen LogP contribution < -0.4 is 0 Å². The zero-order valence-corrected chi connectivity index (χ0v) is 14.9. The van der Waals surface area contributed by atoms with E-state index < -0.39 is 5.97 Å². The number of ether oxygens (including phenoxy) is 4. The topological polar surface area (TPSA) is 112 Å². The van der Waals surface area contributed by atoms with Gasteiger partial charge in [0.15, 0.2) is 0 Å². The molecule has 1 aliphatic heterocycles. The lowest BCUT2D eigenvalue weighted by molar-refractivity contribution is -0.142. The van der Waals surface area contributed by atoms with Gasteiger partial charge in [0, 0.05) is 0 Å². The van der Waals surface area contributed by atoms with Crippen molar-refractivity contribution in [2.24, 2.45) is 0 Å². The first-order valence-corrected chi connectivity index (χ1v) is 8.59. The number of carboxylic acids is 1. The second kappa shape index (κ2) is 11.4. The summed E-state index contributed by atoms with van der Waals surface area (Å²) in [6.07, 6.45) is 0. The molecule has 0 saturated carbocycles. The van der Waals surface area contributed by atoms with Crippen molar-refractivity contribution in [3.05, 3.63) is 35.4 Å². The average Bonchev–Trinajstić information content (AvgIpc) is 2.90. The van der Waals surface area contributed by atoms with E-state index in [4.69, 9.17) is 24.1 Å². The van der Waals surface area contributed by atoms with E-state index in [1.54, 1.807) is 24.3 Å². The molecule has 1 aromatic rings. The summed E-state index contributed by atoms with van der Waals surface area (Å²) in [5.74, 6) is -1.60. The predicted octanol–water partition coefficient (Wildman–Crippen LogP) is 0.434. The Kier molecular flexibility index (Phi) is 8.85. The van der Waals surface area contributed by atoms with Crippen molar-refractivity contribution in [2.75, 3.05) is 59.4 Å². The van der Waals surface area contributed by atoms with Gasteiger partial charge in [-0.3, -0.25) is 14.5 Å². The molecule has 2 rings (SSSR count). The maximum atomic E-state index is 12.1. The van der Waals surface area contributed by atoms with Gasteiger partial charge in [-0.2, -0.15) is 0 Å². The fourth-order valence-electron chi connectivity index (χ4n) is 2.42. The Morgan fingerprint density at radius 2 is 1.22 bits per heavy atom. The molecule has 148 valence electrons. The Labute approximate surface area is 156 Å². The van der Waals surface area contributed by atoms with Gasteiger partial charge in [0.1, 0.15) is 6.61 Å². The molecule has 1 N–H and O–H groups in total. The molecule has 0 saturated heterocycles. The Balaban J connectivity index is 1.44. The highest BCUT2D eigenvalue weighted by atomic mass is 16.6. The second-order valence-electron chi connectivity index (χ2n) is 5.59. The third kappa shape index (κ3) is 6.72. The molecule has 0 aromatic heterocycles. The molecule has 1 heterocycles. The summed E-state index contributed by atoms with van der Waals surface area (Å²) in [7, 11) is 0. The van der Waals surface area contributed by atoms with E-state index in [-0.39, 0.29) is 38.2 Å². The molecule has 1 aromatic carbocycles. The number of carbonyl (C=O) groups is 3. The molecule has 0 bridgehead atoms. The number of fused-ring (bicyclic) bond motifs is 1. The number of benzene rings is 1. The van der Waals surface area contributed by atoms with Crippen LogP contribution in [-0.2, 0) is 23.7 Å². The van der Waals surface area contributed by atoms with Crippen molar-refractivity contribution >= 4 is 17.8 Å². The Morgan fingerprint density at radius 1 is 0.778 bits per heavy atom. The summed E-state index contributed by atoms with van der Waals surface area (Å²) < 4.78 is 20.7. The quantitative estimate of drug-likeness (QED) is 0.365. The van der Waals surface area contributed by atoms with Gasteiger partial charge in [0.25, 0.3) is 11.8 Å². The standard InChI is InChI=1S/C18H23NO8/c20-16(21)13-27-12-11-26-10-9-25-8-7-24-6-5-19-17(22)14-3-1-2-4-15(14)18(19)23/h1-4H,5-13H2,(H,20,21). The fraction of sp³-hybridized carbons (Fsp3) is 0.500. The van der Waals surface area contributed by atoms with Crippen LogP contribution in [0.1, 0.15) is 20.7 Å². The highest BCUT2D eigenvalue weighted by Gasteiger charge is 2.34. The third-order valence-corrected chi connectivity index (χ3v) is 3.68. The number of carbonyl (C=O) groups excluding carboxylic acids is 2. The van der Waals surface area contributed by atoms with Crippen LogP contribution in [0.3, 0.4) is 0 Å². The van der Waals surface area contributed by atoms with Crippen LogP contribution >= 0.6 is 0 Å². The molecule has 0 atom stereocenters. The van der Waals surface area contributed by atoms with E-state index in [1.807, 2.05) is 0 Å². The van der Waals surface area contributed by atoms with E-state index in [1.165, 1.54) is 4.90 Å². The Morgan fingerprint density at radius 3 is 1.70 bits per heavy atom. The number of nitrogens with zero attached hydrogens (tertiary/aromatic N) is 1. The van der Waals surface area contributed by atoms with Gasteiger partial charge in [-0.1, -0.05) is 12.1 Å². The lowest BCUT2D eigenvalue weighted by atomic mass is 10.1. The SMILES string of the molecule is O=C(O)COCCOCCOCCOCCN1C(=O)c2ccccc2C1=O. The molecule has 2 amide bonds. The molecule has 1 aliphatic rings. The number of amides is 2. The second-order valence-corrected chi connectivity index (χ2v) is 5.59. The summed E-state index contributed by atoms with van der Waals surface area (Å²) in [5, 5.41) is 8.37. The predicted molar refractivity (Wildman–Crippen MR) is 92.7 cm³/mol. The zero-order valence-electron chi connectivity index (χ0n) is 14.9. The largest absolute Gasteiger partial charge is 0.480 e. The molecular formula is C18H23NO8. The summed E-state index contributed by atoms with van der Waals surface area (Å²) in [4.78, 5) is 35.7. The van der Waals surface area contributed by atoms with E-state index in [0.717, 1.165) is 0 Å². The van der Waals surface area contributed by atoms with E-state index in [2.05, 4.69) is 0 Å². The zero-order chi connectivity index (χ0) is 19.5. The smallest absolute Gasteiger partial charge is 0.329 e. The van der Waals surface area contributed by atoms with Gasteiger partial charge in [0.05, 0.1) is 63.9 Å². The number of carboxylic acid groups (broad SMARTS) is 1. The van der Waals surface area contributed by atoms with E-state index >= 15 is 0 Å². The molecule has 9 nitrogen and oxygen atoms in total. The average molecular weight is 381 g/mol. The van der Waals surface area contributed by atoms with Crippen molar-refractivity contribution in [1.82, 2.24) is 4.90 Å². The van der Waals surface area contributed by atoms with Crippen LogP contribution in [-0.4, -0.2) is 87.2 Å². The van der Waals surface area contributed by atoms with Crippen molar-refractivity contribution in [2.45, 2.75) is 0 Å². The van der Waals surface area contributed by atoms with Crippen molar-refractivity contribution in [3.63, 3.8) is 0 Å². The molecular weight excluding hydrogens is 358 g/mol. The minimum atomic E-state index is -1.01. The summed E-state index contributed by atoms with van der Waals surface area (Å²) in [5.41, 5.74) is 0.860. The first-order valence-electron chi connectivity index (χ1n) is 8.59. The van der Waals surface area contributed by atoms with Crippen LogP contribution in [0.4, 0.5) is 0 Å². The first kappa shape index (κ1) is 21.0. The van der Waals surface area contributed by atoms with Crippen LogP contribution in [0, 0.1) is 0 Å². The maximum Gasteiger partial charge on any atom is 0.329 e. The van der Waals surface area contributed by atoms with Crippen LogP contribution in [0.15, 0.2) is 24.3 Å². The van der Waals surface area contributed by atoms with Gasteiger partial charge < -0.3 is 24.1 Å². The van der Waals surface area contributed by atoms with Gasteiger partial charge in [-0.05, 0) is 12.1 Å². The molecule has 0 aliphatic carbocycles.